The monoisotopic (exact) mass is 392 g/mol. The summed E-state index contributed by atoms with van der Waals surface area (Å²) < 4.78 is 29.4. The molecule has 1 aliphatic heterocycles. The average molecular weight is 393 g/mol. The summed E-state index contributed by atoms with van der Waals surface area (Å²) in [4.78, 5) is 14.1. The SMILES string of the molecule is CC1SC(=NS(=O)(=O)c2ccc(Cl)s2)N(C2CCCCC2)C1=O. The van der Waals surface area contributed by atoms with Crippen molar-refractivity contribution >= 4 is 55.8 Å². The highest BCUT2D eigenvalue weighted by Gasteiger charge is 2.40. The number of nitrogens with zero attached hydrogens (tertiary/aromatic N) is 2. The van der Waals surface area contributed by atoms with Crippen molar-refractivity contribution in [3.8, 4) is 0 Å². The van der Waals surface area contributed by atoms with Crippen molar-refractivity contribution < 1.29 is 13.2 Å². The van der Waals surface area contributed by atoms with Crippen LogP contribution in [0.3, 0.4) is 0 Å². The largest absolute Gasteiger partial charge is 0.294 e. The van der Waals surface area contributed by atoms with Crippen molar-refractivity contribution in [2.45, 2.75) is 54.5 Å². The number of thioether (sulfide) groups is 1. The van der Waals surface area contributed by atoms with Gasteiger partial charge < -0.3 is 0 Å². The third-order valence-corrected chi connectivity index (χ3v) is 8.15. The minimum Gasteiger partial charge on any atom is -0.287 e. The smallest absolute Gasteiger partial charge is 0.287 e. The first-order valence-electron chi connectivity index (χ1n) is 7.48. The van der Waals surface area contributed by atoms with Crippen LogP contribution in [0.2, 0.25) is 4.34 Å². The molecule has 1 aromatic rings. The van der Waals surface area contributed by atoms with Gasteiger partial charge in [-0.05, 0) is 31.9 Å². The van der Waals surface area contributed by atoms with E-state index in [-0.39, 0.29) is 21.4 Å². The Balaban J connectivity index is 1.93. The van der Waals surface area contributed by atoms with Crippen LogP contribution < -0.4 is 0 Å². The number of thiophene rings is 1. The summed E-state index contributed by atoms with van der Waals surface area (Å²) in [6, 6.07) is 3.05. The predicted molar refractivity (Wildman–Crippen MR) is 94.7 cm³/mol. The highest BCUT2D eigenvalue weighted by atomic mass is 35.5. The van der Waals surface area contributed by atoms with E-state index in [1.54, 1.807) is 11.8 Å². The average Bonchev–Trinajstić information content (AvgIpc) is 3.05. The number of amidine groups is 1. The first kappa shape index (κ1) is 17.3. The van der Waals surface area contributed by atoms with Crippen LogP contribution in [-0.2, 0) is 14.8 Å². The fourth-order valence-corrected chi connectivity index (χ4v) is 6.57. The first-order valence-corrected chi connectivity index (χ1v) is 11.0. The van der Waals surface area contributed by atoms with Gasteiger partial charge in [0, 0.05) is 6.04 Å². The van der Waals surface area contributed by atoms with Crippen molar-refractivity contribution in [2.75, 3.05) is 0 Å². The Kier molecular flexibility index (Phi) is 5.06. The molecule has 3 rings (SSSR count). The molecule has 1 saturated carbocycles. The Hall–Kier alpha value is -0.570. The van der Waals surface area contributed by atoms with Gasteiger partial charge >= 0.3 is 0 Å². The number of carbonyl (C=O) groups excluding carboxylic acids is 1. The number of sulfonamides is 1. The highest BCUT2D eigenvalue weighted by Crippen LogP contribution is 2.35. The Bertz CT molecular complexity index is 738. The highest BCUT2D eigenvalue weighted by molar-refractivity contribution is 8.16. The van der Waals surface area contributed by atoms with Crippen LogP contribution >= 0.6 is 34.7 Å². The summed E-state index contributed by atoms with van der Waals surface area (Å²) in [7, 11) is -3.83. The second-order valence-electron chi connectivity index (χ2n) is 5.67. The van der Waals surface area contributed by atoms with Crippen LogP contribution in [0.4, 0.5) is 0 Å². The molecule has 2 aliphatic rings. The molecule has 126 valence electrons. The molecule has 0 N–H and O–H groups in total. The number of halogens is 1. The van der Waals surface area contributed by atoms with Crippen molar-refractivity contribution in [3.63, 3.8) is 0 Å². The molecule has 1 aromatic heterocycles. The molecule has 1 saturated heterocycles. The van der Waals surface area contributed by atoms with E-state index in [2.05, 4.69) is 4.40 Å². The molecular formula is C14H17ClN2O3S3. The molecule has 1 amide bonds. The van der Waals surface area contributed by atoms with E-state index in [0.29, 0.717) is 9.50 Å². The lowest BCUT2D eigenvalue weighted by Gasteiger charge is -2.30. The van der Waals surface area contributed by atoms with E-state index in [1.165, 1.54) is 30.3 Å². The van der Waals surface area contributed by atoms with Crippen LogP contribution in [0.25, 0.3) is 0 Å². The first-order chi connectivity index (χ1) is 10.9. The third kappa shape index (κ3) is 3.60. The quantitative estimate of drug-likeness (QED) is 0.785. The van der Waals surface area contributed by atoms with Gasteiger partial charge in [0.1, 0.15) is 4.21 Å². The lowest BCUT2D eigenvalue weighted by molar-refractivity contribution is -0.127. The molecule has 2 fully saturated rings. The minimum absolute atomic E-state index is 0.0416. The number of hydrogen-bond donors (Lipinski definition) is 0. The number of hydrogen-bond acceptors (Lipinski definition) is 5. The van der Waals surface area contributed by atoms with Gasteiger partial charge in [0.2, 0.25) is 5.91 Å². The van der Waals surface area contributed by atoms with Gasteiger partial charge in [0.05, 0.1) is 9.59 Å². The van der Waals surface area contributed by atoms with Crippen LogP contribution in [0.1, 0.15) is 39.0 Å². The fraction of sp³-hybridized carbons (Fsp3) is 0.571. The Labute approximate surface area is 149 Å². The van der Waals surface area contributed by atoms with Gasteiger partial charge in [0.25, 0.3) is 10.0 Å². The van der Waals surface area contributed by atoms with Gasteiger partial charge in [-0.1, -0.05) is 42.6 Å². The maximum Gasteiger partial charge on any atom is 0.294 e. The molecule has 1 unspecified atom stereocenters. The Morgan fingerprint density at radius 2 is 1.96 bits per heavy atom. The molecule has 23 heavy (non-hydrogen) atoms. The van der Waals surface area contributed by atoms with Gasteiger partial charge in [-0.3, -0.25) is 9.69 Å². The summed E-state index contributed by atoms with van der Waals surface area (Å²) in [5.74, 6) is -0.0416. The molecule has 0 spiro atoms. The van der Waals surface area contributed by atoms with Crippen LogP contribution in [0.15, 0.2) is 20.7 Å². The van der Waals surface area contributed by atoms with Gasteiger partial charge in [0.15, 0.2) is 5.17 Å². The van der Waals surface area contributed by atoms with Crippen LogP contribution in [-0.4, -0.2) is 35.7 Å². The zero-order valence-electron chi connectivity index (χ0n) is 12.6. The maximum atomic E-state index is 12.5. The molecular weight excluding hydrogens is 376 g/mol. The van der Waals surface area contributed by atoms with Crippen LogP contribution in [0, 0.1) is 0 Å². The van der Waals surface area contributed by atoms with Crippen molar-refractivity contribution in [1.82, 2.24) is 4.90 Å². The zero-order chi connectivity index (χ0) is 16.6. The fourth-order valence-electron chi connectivity index (χ4n) is 2.88. The second kappa shape index (κ2) is 6.74. The van der Waals surface area contributed by atoms with Crippen molar-refractivity contribution in [2.24, 2.45) is 4.40 Å². The van der Waals surface area contributed by atoms with E-state index < -0.39 is 10.0 Å². The summed E-state index contributed by atoms with van der Waals surface area (Å²) >= 11 is 8.01. The van der Waals surface area contributed by atoms with E-state index in [9.17, 15) is 13.2 Å². The Morgan fingerprint density at radius 3 is 2.57 bits per heavy atom. The molecule has 0 aromatic carbocycles. The summed E-state index contributed by atoms with van der Waals surface area (Å²) in [5.41, 5.74) is 0. The molecule has 1 atom stereocenters. The molecule has 9 heteroatoms. The van der Waals surface area contributed by atoms with E-state index in [1.807, 2.05) is 0 Å². The number of carbonyl (C=O) groups is 1. The van der Waals surface area contributed by atoms with E-state index in [0.717, 1.165) is 37.0 Å². The molecule has 0 bridgehead atoms. The minimum atomic E-state index is -3.83. The van der Waals surface area contributed by atoms with Gasteiger partial charge in [-0.15, -0.1) is 15.7 Å². The Morgan fingerprint density at radius 1 is 1.26 bits per heavy atom. The lowest BCUT2D eigenvalue weighted by atomic mass is 9.94. The number of amides is 1. The standard InChI is InChI=1S/C14H17ClN2O3S3/c1-9-13(18)17(10-5-3-2-4-6-10)14(21-9)16-23(19,20)12-8-7-11(15)22-12/h7-10H,2-6H2,1H3. The van der Waals surface area contributed by atoms with E-state index in [4.69, 9.17) is 11.6 Å². The number of rotatable bonds is 3. The predicted octanol–water partition coefficient (Wildman–Crippen LogP) is 3.74. The normalized spacial score (nSPS) is 25.5. The topological polar surface area (TPSA) is 66.8 Å². The van der Waals surface area contributed by atoms with Gasteiger partial charge in [-0.25, -0.2) is 0 Å². The molecule has 0 radical (unpaired) electrons. The summed E-state index contributed by atoms with van der Waals surface area (Å²) in [5, 5.41) is 0.0109. The van der Waals surface area contributed by atoms with E-state index >= 15 is 0 Å². The van der Waals surface area contributed by atoms with Crippen molar-refractivity contribution in [1.29, 1.82) is 0 Å². The van der Waals surface area contributed by atoms with Gasteiger partial charge in [-0.2, -0.15) is 8.42 Å². The summed E-state index contributed by atoms with van der Waals surface area (Å²) in [6.07, 6.45) is 5.10. The maximum absolute atomic E-state index is 12.5. The van der Waals surface area contributed by atoms with Crippen LogP contribution in [0.5, 0.6) is 0 Å². The molecule has 1 aliphatic carbocycles. The summed E-state index contributed by atoms with van der Waals surface area (Å²) in [6.45, 7) is 1.79. The molecule has 2 heterocycles. The molecule has 5 nitrogen and oxygen atoms in total. The third-order valence-electron chi connectivity index (χ3n) is 4.01. The lowest BCUT2D eigenvalue weighted by Crippen LogP contribution is -2.42. The second-order valence-corrected chi connectivity index (χ2v) is 10.5. The van der Waals surface area contributed by atoms with Crippen molar-refractivity contribution in [3.05, 3.63) is 16.5 Å². The zero-order valence-corrected chi connectivity index (χ0v) is 15.8.